The third-order valence-electron chi connectivity index (χ3n) is 1.83. The van der Waals surface area contributed by atoms with Gasteiger partial charge in [-0.25, -0.2) is 13.2 Å². The van der Waals surface area contributed by atoms with Crippen LogP contribution in [0.1, 0.15) is 11.6 Å². The Morgan fingerprint density at radius 1 is 1.36 bits per heavy atom. The summed E-state index contributed by atoms with van der Waals surface area (Å²) in [6, 6.07) is 1.95. The number of hydrogen-bond acceptors (Lipinski definition) is 2. The summed E-state index contributed by atoms with van der Waals surface area (Å²) in [5, 5.41) is 0. The molecule has 78 valence electrons. The average Bonchev–Trinajstić information content (AvgIpc) is 2.17. The fraction of sp³-hybridized carbons (Fsp3) is 0.333. The number of benzene rings is 1. The maximum Gasteiger partial charge on any atom is 0.257 e. The van der Waals surface area contributed by atoms with Crippen LogP contribution in [0.25, 0.3) is 0 Å². The molecule has 0 aromatic heterocycles. The Morgan fingerprint density at radius 3 is 2.50 bits per heavy atom. The Labute approximate surface area is 79.5 Å². The summed E-state index contributed by atoms with van der Waals surface area (Å²) in [6.07, 6.45) is -2.79. The van der Waals surface area contributed by atoms with Crippen LogP contribution in [-0.2, 0) is 0 Å². The van der Waals surface area contributed by atoms with Crippen LogP contribution in [-0.4, -0.2) is 13.5 Å². The summed E-state index contributed by atoms with van der Waals surface area (Å²) in [7, 11) is 1.37. The van der Waals surface area contributed by atoms with Gasteiger partial charge in [-0.2, -0.15) is 0 Å². The monoisotopic (exact) mass is 205 g/mol. The lowest BCUT2D eigenvalue weighted by molar-refractivity contribution is 0.114. The lowest BCUT2D eigenvalue weighted by atomic mass is 10.1. The maximum atomic E-state index is 13.0. The Hall–Kier alpha value is -1.23. The van der Waals surface area contributed by atoms with Gasteiger partial charge in [0.05, 0.1) is 13.2 Å². The summed E-state index contributed by atoms with van der Waals surface area (Å²) in [5.41, 5.74) is 4.88. The van der Waals surface area contributed by atoms with Crippen molar-refractivity contribution in [3.63, 3.8) is 0 Å². The predicted octanol–water partition coefficient (Wildman–Crippen LogP) is 2.10. The van der Waals surface area contributed by atoms with E-state index in [1.807, 2.05) is 0 Å². The molecule has 0 fully saturated rings. The molecular formula is C9H10F3NO. The first-order chi connectivity index (χ1) is 6.56. The summed E-state index contributed by atoms with van der Waals surface area (Å²) in [5.74, 6) is -0.448. The molecule has 1 aromatic carbocycles. The van der Waals surface area contributed by atoms with Crippen LogP contribution in [0, 0.1) is 5.82 Å². The van der Waals surface area contributed by atoms with Gasteiger partial charge in [0.15, 0.2) is 0 Å². The van der Waals surface area contributed by atoms with E-state index in [1.165, 1.54) is 19.2 Å². The topological polar surface area (TPSA) is 35.2 Å². The fourth-order valence-corrected chi connectivity index (χ4v) is 1.04. The molecule has 0 saturated carbocycles. The first-order valence-electron chi connectivity index (χ1n) is 3.93. The van der Waals surface area contributed by atoms with Crippen LogP contribution in [0.5, 0.6) is 5.75 Å². The van der Waals surface area contributed by atoms with Crippen molar-refractivity contribution in [2.45, 2.75) is 12.5 Å². The molecule has 14 heavy (non-hydrogen) atoms. The second-order valence-corrected chi connectivity index (χ2v) is 2.75. The second kappa shape index (κ2) is 4.32. The zero-order valence-corrected chi connectivity index (χ0v) is 7.51. The van der Waals surface area contributed by atoms with Crippen molar-refractivity contribution < 1.29 is 17.9 Å². The molecule has 0 bridgehead atoms. The van der Waals surface area contributed by atoms with Crippen LogP contribution in [0.3, 0.4) is 0 Å². The van der Waals surface area contributed by atoms with Gasteiger partial charge in [0.2, 0.25) is 0 Å². The van der Waals surface area contributed by atoms with Crippen LogP contribution in [0.4, 0.5) is 13.2 Å². The number of rotatable bonds is 3. The van der Waals surface area contributed by atoms with E-state index in [4.69, 9.17) is 10.5 Å². The van der Waals surface area contributed by atoms with Gasteiger partial charge in [-0.3, -0.25) is 0 Å². The Balaban J connectivity index is 3.05. The molecule has 0 amide bonds. The number of alkyl halides is 2. The van der Waals surface area contributed by atoms with Gasteiger partial charge in [-0.15, -0.1) is 0 Å². The Bertz CT molecular complexity index is 317. The molecule has 0 aliphatic heterocycles. The van der Waals surface area contributed by atoms with Crippen molar-refractivity contribution in [2.24, 2.45) is 5.73 Å². The zero-order chi connectivity index (χ0) is 10.7. The van der Waals surface area contributed by atoms with Gasteiger partial charge in [0, 0.05) is 5.56 Å². The van der Waals surface area contributed by atoms with Gasteiger partial charge in [-0.05, 0) is 18.2 Å². The Kier molecular flexibility index (Phi) is 3.35. The minimum Gasteiger partial charge on any atom is -0.497 e. The molecule has 1 rings (SSSR count). The zero-order valence-electron chi connectivity index (χ0n) is 7.51. The number of methoxy groups -OCH3 is 1. The van der Waals surface area contributed by atoms with Crippen LogP contribution < -0.4 is 10.5 Å². The molecule has 2 N–H and O–H groups in total. The molecule has 0 radical (unpaired) electrons. The number of nitrogens with two attached hydrogens (primary N) is 1. The molecule has 1 atom stereocenters. The quantitative estimate of drug-likeness (QED) is 0.820. The summed E-state index contributed by atoms with van der Waals surface area (Å²) >= 11 is 0. The van der Waals surface area contributed by atoms with Crippen molar-refractivity contribution >= 4 is 0 Å². The maximum absolute atomic E-state index is 13.0. The third kappa shape index (κ3) is 2.17. The average molecular weight is 205 g/mol. The van der Waals surface area contributed by atoms with Crippen molar-refractivity contribution in [1.29, 1.82) is 0 Å². The molecule has 0 saturated heterocycles. The van der Waals surface area contributed by atoms with E-state index in [2.05, 4.69) is 0 Å². The highest BCUT2D eigenvalue weighted by Gasteiger charge is 2.21. The van der Waals surface area contributed by atoms with Crippen molar-refractivity contribution in [3.8, 4) is 5.75 Å². The molecule has 5 heteroatoms. The highest BCUT2D eigenvalue weighted by Crippen LogP contribution is 2.24. The van der Waals surface area contributed by atoms with Gasteiger partial charge < -0.3 is 10.5 Å². The highest BCUT2D eigenvalue weighted by molar-refractivity contribution is 5.32. The lowest BCUT2D eigenvalue weighted by Crippen LogP contribution is -2.20. The van der Waals surface area contributed by atoms with E-state index >= 15 is 0 Å². The van der Waals surface area contributed by atoms with Crippen LogP contribution in [0.15, 0.2) is 18.2 Å². The fourth-order valence-electron chi connectivity index (χ4n) is 1.04. The van der Waals surface area contributed by atoms with Crippen molar-refractivity contribution in [3.05, 3.63) is 29.6 Å². The van der Waals surface area contributed by atoms with Crippen LogP contribution >= 0.6 is 0 Å². The van der Waals surface area contributed by atoms with Gasteiger partial charge in [0.1, 0.15) is 11.6 Å². The normalized spacial score (nSPS) is 13.0. The van der Waals surface area contributed by atoms with Gasteiger partial charge in [0.25, 0.3) is 6.43 Å². The minimum atomic E-state index is -2.79. The van der Waals surface area contributed by atoms with E-state index in [0.29, 0.717) is 5.75 Å². The summed E-state index contributed by atoms with van der Waals surface area (Å²) in [6.45, 7) is 0. The molecule has 1 aromatic rings. The predicted molar refractivity (Wildman–Crippen MR) is 45.9 cm³/mol. The van der Waals surface area contributed by atoms with Crippen molar-refractivity contribution in [1.82, 2.24) is 0 Å². The van der Waals surface area contributed by atoms with Crippen molar-refractivity contribution in [2.75, 3.05) is 7.11 Å². The summed E-state index contributed by atoms with van der Waals surface area (Å²) in [4.78, 5) is 0. The lowest BCUT2D eigenvalue weighted by Gasteiger charge is -2.12. The van der Waals surface area contributed by atoms with E-state index in [-0.39, 0.29) is 5.56 Å². The first kappa shape index (κ1) is 10.8. The summed E-state index contributed by atoms with van der Waals surface area (Å²) < 4.78 is 42.2. The molecule has 0 aliphatic rings. The van der Waals surface area contributed by atoms with Crippen LogP contribution in [0.2, 0.25) is 0 Å². The van der Waals surface area contributed by atoms with E-state index in [0.717, 1.165) is 6.07 Å². The molecule has 0 unspecified atom stereocenters. The standard InChI is InChI=1S/C9H10F3NO/c1-14-5-2-3-7(10)6(4-5)8(13)9(11)12/h2-4,8-9H,13H2,1H3/t8-/m1/s1. The largest absolute Gasteiger partial charge is 0.497 e. The number of hydrogen-bond donors (Lipinski definition) is 1. The molecular weight excluding hydrogens is 195 g/mol. The highest BCUT2D eigenvalue weighted by atomic mass is 19.3. The number of ether oxygens (including phenoxy) is 1. The molecule has 2 nitrogen and oxygen atoms in total. The first-order valence-corrected chi connectivity index (χ1v) is 3.93. The SMILES string of the molecule is COc1ccc(F)c([C@@H](N)C(F)F)c1. The van der Waals surface area contributed by atoms with E-state index in [1.54, 1.807) is 0 Å². The minimum absolute atomic E-state index is 0.237. The second-order valence-electron chi connectivity index (χ2n) is 2.75. The number of halogens is 3. The Morgan fingerprint density at radius 2 is 2.00 bits per heavy atom. The van der Waals surface area contributed by atoms with Gasteiger partial charge >= 0.3 is 0 Å². The van der Waals surface area contributed by atoms with Gasteiger partial charge in [-0.1, -0.05) is 0 Å². The molecule has 0 aliphatic carbocycles. The van der Waals surface area contributed by atoms with E-state index in [9.17, 15) is 13.2 Å². The van der Waals surface area contributed by atoms with E-state index < -0.39 is 18.3 Å². The smallest absolute Gasteiger partial charge is 0.257 e. The molecule has 0 heterocycles. The molecule has 0 spiro atoms. The third-order valence-corrected chi connectivity index (χ3v) is 1.83.